The number of nitrogens with one attached hydrogen (secondary N) is 1. The van der Waals surface area contributed by atoms with Crippen molar-refractivity contribution in [1.29, 1.82) is 0 Å². The molecule has 3 atom stereocenters. The van der Waals surface area contributed by atoms with Crippen LogP contribution in [0.25, 0.3) is 0 Å². The van der Waals surface area contributed by atoms with Crippen molar-refractivity contribution in [2.45, 2.75) is 40.0 Å². The minimum absolute atomic E-state index is 0.202. The Morgan fingerprint density at radius 1 is 1.29 bits per heavy atom. The Kier molecular flexibility index (Phi) is 4.60. The van der Waals surface area contributed by atoms with Crippen molar-refractivity contribution >= 4 is 17.6 Å². The summed E-state index contributed by atoms with van der Waals surface area (Å²) in [6.45, 7) is 5.76. The lowest BCUT2D eigenvalue weighted by Gasteiger charge is -2.16. The number of carbonyl (C=O) groups excluding carboxylic acids is 1. The van der Waals surface area contributed by atoms with Crippen LogP contribution in [0.4, 0.5) is 5.69 Å². The van der Waals surface area contributed by atoms with Gasteiger partial charge in [-0.25, -0.2) is 0 Å². The average Bonchev–Trinajstić information content (AvgIpc) is 2.86. The van der Waals surface area contributed by atoms with E-state index in [1.54, 1.807) is 0 Å². The van der Waals surface area contributed by atoms with E-state index >= 15 is 0 Å². The molecule has 1 aliphatic carbocycles. The molecule has 0 aromatic carbocycles. The second-order valence-electron chi connectivity index (χ2n) is 5.87. The molecule has 5 heteroatoms. The summed E-state index contributed by atoms with van der Waals surface area (Å²) in [6, 6.07) is 3.65. The average molecular weight is 290 g/mol. The molecule has 0 aliphatic heterocycles. The maximum atomic E-state index is 12.4. The minimum Gasteiger partial charge on any atom is -0.481 e. The second-order valence-corrected chi connectivity index (χ2v) is 5.87. The highest BCUT2D eigenvalue weighted by atomic mass is 16.4. The summed E-state index contributed by atoms with van der Waals surface area (Å²) >= 11 is 0. The van der Waals surface area contributed by atoms with Crippen molar-refractivity contribution in [3.05, 3.63) is 23.5 Å². The fraction of sp³-hybridized carbons (Fsp3) is 0.562. The summed E-state index contributed by atoms with van der Waals surface area (Å²) in [5.74, 6) is -1.78. The molecular weight excluding hydrogens is 268 g/mol. The maximum absolute atomic E-state index is 12.4. The van der Waals surface area contributed by atoms with Gasteiger partial charge in [0.05, 0.1) is 23.2 Å². The number of carbonyl (C=O) groups is 2. The van der Waals surface area contributed by atoms with Gasteiger partial charge >= 0.3 is 5.97 Å². The third kappa shape index (κ3) is 3.40. The van der Waals surface area contributed by atoms with Crippen LogP contribution in [0.5, 0.6) is 0 Å². The van der Waals surface area contributed by atoms with Crippen molar-refractivity contribution in [3.8, 4) is 0 Å². The molecule has 0 spiro atoms. The van der Waals surface area contributed by atoms with E-state index in [4.69, 9.17) is 0 Å². The number of carboxylic acids is 1. The molecule has 1 aliphatic rings. The lowest BCUT2D eigenvalue weighted by Crippen LogP contribution is -2.30. The SMILES string of the molecule is CCC1C[C@H](C(=O)Nc2ccc(C)nc2C)[C@H](C(=O)O)C1. The fourth-order valence-electron chi connectivity index (χ4n) is 3.08. The van der Waals surface area contributed by atoms with Crippen molar-refractivity contribution in [3.63, 3.8) is 0 Å². The van der Waals surface area contributed by atoms with Gasteiger partial charge in [-0.2, -0.15) is 0 Å². The van der Waals surface area contributed by atoms with Crippen LogP contribution >= 0.6 is 0 Å². The number of anilines is 1. The largest absolute Gasteiger partial charge is 0.481 e. The van der Waals surface area contributed by atoms with E-state index in [1.165, 1.54) is 0 Å². The number of pyridine rings is 1. The zero-order valence-electron chi connectivity index (χ0n) is 12.7. The zero-order valence-corrected chi connectivity index (χ0v) is 12.7. The molecular formula is C16H22N2O3. The lowest BCUT2D eigenvalue weighted by molar-refractivity contribution is -0.145. The smallest absolute Gasteiger partial charge is 0.307 e. The fourth-order valence-corrected chi connectivity index (χ4v) is 3.08. The Morgan fingerprint density at radius 2 is 1.95 bits per heavy atom. The highest BCUT2D eigenvalue weighted by molar-refractivity contribution is 5.95. The Morgan fingerprint density at radius 3 is 2.52 bits per heavy atom. The number of carboxylic acid groups (broad SMARTS) is 1. The Balaban J connectivity index is 2.13. The summed E-state index contributed by atoms with van der Waals surface area (Å²) in [4.78, 5) is 28.1. The Hall–Kier alpha value is -1.91. The van der Waals surface area contributed by atoms with E-state index in [0.29, 0.717) is 24.4 Å². The van der Waals surface area contributed by atoms with E-state index < -0.39 is 17.8 Å². The second kappa shape index (κ2) is 6.24. The van der Waals surface area contributed by atoms with Gasteiger partial charge in [0.15, 0.2) is 0 Å². The minimum atomic E-state index is -0.871. The van der Waals surface area contributed by atoms with E-state index in [1.807, 2.05) is 32.9 Å². The number of aromatic nitrogens is 1. The molecule has 1 unspecified atom stereocenters. The number of amides is 1. The summed E-state index contributed by atoms with van der Waals surface area (Å²) < 4.78 is 0. The Labute approximate surface area is 124 Å². The summed E-state index contributed by atoms with van der Waals surface area (Å²) in [6.07, 6.45) is 2.16. The van der Waals surface area contributed by atoms with Crippen LogP contribution in [0.15, 0.2) is 12.1 Å². The van der Waals surface area contributed by atoms with Crippen molar-refractivity contribution in [2.75, 3.05) is 5.32 Å². The molecule has 2 N–H and O–H groups in total. The number of aliphatic carboxylic acids is 1. The standard InChI is InChI=1S/C16H22N2O3/c1-4-11-7-12(13(8-11)16(20)21)15(19)18-14-6-5-9(2)17-10(14)3/h5-6,11-13H,4,7-8H2,1-3H3,(H,18,19)(H,20,21)/t11?,12-,13+/m0/s1. The predicted molar refractivity (Wildman–Crippen MR) is 80.0 cm³/mol. The van der Waals surface area contributed by atoms with Gasteiger partial charge in [0.1, 0.15) is 0 Å². The topological polar surface area (TPSA) is 79.3 Å². The molecule has 1 fully saturated rings. The lowest BCUT2D eigenvalue weighted by atomic mass is 9.95. The first-order chi connectivity index (χ1) is 9.92. The van der Waals surface area contributed by atoms with Gasteiger partial charge in [0.2, 0.25) is 5.91 Å². The van der Waals surface area contributed by atoms with Crippen molar-refractivity contribution in [2.24, 2.45) is 17.8 Å². The molecule has 21 heavy (non-hydrogen) atoms. The number of aryl methyl sites for hydroxylation is 2. The first-order valence-electron chi connectivity index (χ1n) is 7.40. The van der Waals surface area contributed by atoms with Gasteiger partial charge in [-0.1, -0.05) is 13.3 Å². The quantitative estimate of drug-likeness (QED) is 0.893. The summed E-state index contributed by atoms with van der Waals surface area (Å²) in [5.41, 5.74) is 2.30. The van der Waals surface area contributed by atoms with Crippen LogP contribution in [0.2, 0.25) is 0 Å². The summed E-state index contributed by atoms with van der Waals surface area (Å²) in [7, 11) is 0. The van der Waals surface area contributed by atoms with Crippen molar-refractivity contribution in [1.82, 2.24) is 4.98 Å². The van der Waals surface area contributed by atoms with Gasteiger partial charge in [0.25, 0.3) is 0 Å². The highest BCUT2D eigenvalue weighted by Gasteiger charge is 2.42. The van der Waals surface area contributed by atoms with Crippen LogP contribution in [0, 0.1) is 31.6 Å². The van der Waals surface area contributed by atoms with E-state index in [2.05, 4.69) is 10.3 Å². The van der Waals surface area contributed by atoms with Crippen LogP contribution in [-0.4, -0.2) is 22.0 Å². The number of nitrogens with zero attached hydrogens (tertiary/aromatic N) is 1. The highest BCUT2D eigenvalue weighted by Crippen LogP contribution is 2.39. The van der Waals surface area contributed by atoms with Crippen LogP contribution in [0.3, 0.4) is 0 Å². The van der Waals surface area contributed by atoms with Gasteiger partial charge in [0, 0.05) is 5.69 Å². The van der Waals surface area contributed by atoms with Crippen LogP contribution < -0.4 is 5.32 Å². The van der Waals surface area contributed by atoms with Crippen LogP contribution in [-0.2, 0) is 9.59 Å². The monoisotopic (exact) mass is 290 g/mol. The molecule has 2 rings (SSSR count). The summed E-state index contributed by atoms with van der Waals surface area (Å²) in [5, 5.41) is 12.2. The first-order valence-corrected chi connectivity index (χ1v) is 7.40. The van der Waals surface area contributed by atoms with E-state index in [-0.39, 0.29) is 5.91 Å². The molecule has 1 aromatic rings. The van der Waals surface area contributed by atoms with E-state index in [0.717, 1.165) is 17.8 Å². The molecule has 5 nitrogen and oxygen atoms in total. The Bertz CT molecular complexity index is 556. The molecule has 0 bridgehead atoms. The molecule has 1 amide bonds. The molecule has 1 saturated carbocycles. The van der Waals surface area contributed by atoms with Gasteiger partial charge in [-0.15, -0.1) is 0 Å². The first kappa shape index (κ1) is 15.5. The molecule has 1 aromatic heterocycles. The molecule has 114 valence electrons. The third-order valence-electron chi connectivity index (χ3n) is 4.37. The van der Waals surface area contributed by atoms with E-state index in [9.17, 15) is 14.7 Å². The molecule has 0 saturated heterocycles. The van der Waals surface area contributed by atoms with Crippen molar-refractivity contribution < 1.29 is 14.7 Å². The van der Waals surface area contributed by atoms with Gasteiger partial charge in [-0.3, -0.25) is 14.6 Å². The molecule has 1 heterocycles. The van der Waals surface area contributed by atoms with Gasteiger partial charge in [-0.05, 0) is 44.7 Å². The van der Waals surface area contributed by atoms with Gasteiger partial charge < -0.3 is 10.4 Å². The number of rotatable bonds is 4. The molecule has 0 radical (unpaired) electrons. The number of hydrogen-bond acceptors (Lipinski definition) is 3. The zero-order chi connectivity index (χ0) is 15.6. The normalized spacial score (nSPS) is 24.8. The van der Waals surface area contributed by atoms with Crippen LogP contribution in [0.1, 0.15) is 37.6 Å². The number of hydrogen-bond donors (Lipinski definition) is 2. The maximum Gasteiger partial charge on any atom is 0.307 e. The third-order valence-corrected chi connectivity index (χ3v) is 4.37. The predicted octanol–water partition coefficient (Wildman–Crippen LogP) is 2.77.